The first-order valence-electron chi connectivity index (χ1n) is 7.79. The highest BCUT2D eigenvalue weighted by Crippen LogP contribution is 2.09. The second kappa shape index (κ2) is 10.1. The third-order valence-electron chi connectivity index (χ3n) is 3.95. The molecule has 0 radical (unpaired) electrons. The summed E-state index contributed by atoms with van der Waals surface area (Å²) < 4.78 is 12.8. The molecule has 1 atom stereocenters. The molecule has 0 aromatic heterocycles. The van der Waals surface area contributed by atoms with Crippen LogP contribution in [0.3, 0.4) is 0 Å². The maximum absolute atomic E-state index is 12.8. The molecule has 1 aromatic rings. The number of halogens is 2. The molecule has 1 aliphatic heterocycles. The minimum Gasteiger partial charge on any atom is -0.340 e. The lowest BCUT2D eigenvalue weighted by atomic mass is 10.1. The summed E-state index contributed by atoms with van der Waals surface area (Å²) in [6, 6.07) is 5.79. The SMILES string of the molecule is CNC1CCCN(C(=O)CNC(=O)NCc2ccc(F)cc2)C1.Cl. The van der Waals surface area contributed by atoms with Gasteiger partial charge in [-0.25, -0.2) is 9.18 Å². The number of likely N-dealkylation sites (N-methyl/N-ethyl adjacent to an activating group) is 1. The van der Waals surface area contributed by atoms with Gasteiger partial charge >= 0.3 is 6.03 Å². The molecule has 1 unspecified atom stereocenters. The minimum absolute atomic E-state index is 0. The molecule has 1 aromatic carbocycles. The first-order chi connectivity index (χ1) is 11.1. The maximum atomic E-state index is 12.8. The van der Waals surface area contributed by atoms with Gasteiger partial charge in [0.2, 0.25) is 5.91 Å². The highest BCUT2D eigenvalue weighted by atomic mass is 35.5. The first-order valence-corrected chi connectivity index (χ1v) is 7.79. The molecule has 0 spiro atoms. The summed E-state index contributed by atoms with van der Waals surface area (Å²) in [5.74, 6) is -0.396. The Hall–Kier alpha value is -1.86. The fraction of sp³-hybridized carbons (Fsp3) is 0.500. The number of urea groups is 1. The van der Waals surface area contributed by atoms with Gasteiger partial charge in [0.25, 0.3) is 0 Å². The Bertz CT molecular complexity index is 541. The van der Waals surface area contributed by atoms with Gasteiger partial charge in [0.15, 0.2) is 0 Å². The molecule has 1 fully saturated rings. The molecule has 134 valence electrons. The van der Waals surface area contributed by atoms with E-state index in [-0.39, 0.29) is 37.2 Å². The van der Waals surface area contributed by atoms with Gasteiger partial charge in [-0.3, -0.25) is 4.79 Å². The topological polar surface area (TPSA) is 73.5 Å². The summed E-state index contributed by atoms with van der Waals surface area (Å²) in [4.78, 5) is 25.6. The number of nitrogens with one attached hydrogen (secondary N) is 3. The van der Waals surface area contributed by atoms with Gasteiger partial charge < -0.3 is 20.9 Å². The third kappa shape index (κ3) is 6.33. The molecule has 24 heavy (non-hydrogen) atoms. The van der Waals surface area contributed by atoms with E-state index in [1.165, 1.54) is 12.1 Å². The fourth-order valence-corrected chi connectivity index (χ4v) is 2.55. The average molecular weight is 359 g/mol. The van der Waals surface area contributed by atoms with E-state index >= 15 is 0 Å². The molecular weight excluding hydrogens is 335 g/mol. The first kappa shape index (κ1) is 20.2. The number of amides is 3. The molecule has 8 heteroatoms. The van der Waals surface area contributed by atoms with Crippen LogP contribution in [0.15, 0.2) is 24.3 Å². The number of hydrogen-bond donors (Lipinski definition) is 3. The summed E-state index contributed by atoms with van der Waals surface area (Å²) in [5, 5.41) is 8.38. The van der Waals surface area contributed by atoms with Crippen molar-refractivity contribution < 1.29 is 14.0 Å². The molecule has 3 N–H and O–H groups in total. The van der Waals surface area contributed by atoms with Crippen molar-refractivity contribution in [2.24, 2.45) is 0 Å². The van der Waals surface area contributed by atoms with E-state index in [0.717, 1.165) is 24.9 Å². The van der Waals surface area contributed by atoms with E-state index in [9.17, 15) is 14.0 Å². The van der Waals surface area contributed by atoms with E-state index in [4.69, 9.17) is 0 Å². The summed E-state index contributed by atoms with van der Waals surface area (Å²) in [6.45, 7) is 1.67. The van der Waals surface area contributed by atoms with Crippen LogP contribution in [0.25, 0.3) is 0 Å². The molecule has 2 rings (SSSR count). The van der Waals surface area contributed by atoms with Gasteiger partial charge in [-0.1, -0.05) is 12.1 Å². The van der Waals surface area contributed by atoms with Gasteiger partial charge in [0, 0.05) is 25.7 Å². The highest BCUT2D eigenvalue weighted by Gasteiger charge is 2.22. The molecular formula is C16H24ClFN4O2. The number of likely N-dealkylation sites (tertiary alicyclic amines) is 1. The van der Waals surface area contributed by atoms with E-state index in [1.807, 2.05) is 7.05 Å². The van der Waals surface area contributed by atoms with E-state index in [0.29, 0.717) is 12.6 Å². The zero-order chi connectivity index (χ0) is 16.7. The molecule has 1 saturated heterocycles. The number of rotatable bonds is 5. The van der Waals surface area contributed by atoms with Gasteiger partial charge in [-0.15, -0.1) is 12.4 Å². The van der Waals surface area contributed by atoms with Crippen molar-refractivity contribution in [3.63, 3.8) is 0 Å². The van der Waals surface area contributed by atoms with Crippen LogP contribution in [0, 0.1) is 5.82 Å². The number of carbonyl (C=O) groups is 2. The highest BCUT2D eigenvalue weighted by molar-refractivity contribution is 5.85. The van der Waals surface area contributed by atoms with Gasteiger partial charge in [0.1, 0.15) is 5.82 Å². The quantitative estimate of drug-likeness (QED) is 0.742. The van der Waals surface area contributed by atoms with Crippen molar-refractivity contribution in [2.45, 2.75) is 25.4 Å². The number of carbonyl (C=O) groups excluding carboxylic acids is 2. The van der Waals surface area contributed by atoms with Crippen molar-refractivity contribution in [1.82, 2.24) is 20.9 Å². The Morgan fingerprint density at radius 2 is 1.96 bits per heavy atom. The van der Waals surface area contributed by atoms with Gasteiger partial charge in [-0.2, -0.15) is 0 Å². The average Bonchev–Trinajstić information content (AvgIpc) is 2.59. The van der Waals surface area contributed by atoms with Crippen molar-refractivity contribution in [1.29, 1.82) is 0 Å². The molecule has 0 saturated carbocycles. The van der Waals surface area contributed by atoms with Crippen molar-refractivity contribution >= 4 is 24.3 Å². The lowest BCUT2D eigenvalue weighted by Gasteiger charge is -2.32. The number of nitrogens with zero attached hydrogens (tertiary/aromatic N) is 1. The fourth-order valence-electron chi connectivity index (χ4n) is 2.55. The van der Waals surface area contributed by atoms with E-state index in [2.05, 4.69) is 16.0 Å². The Morgan fingerprint density at radius 1 is 1.25 bits per heavy atom. The van der Waals surface area contributed by atoms with Crippen LogP contribution in [-0.4, -0.2) is 49.6 Å². The number of piperidine rings is 1. The van der Waals surface area contributed by atoms with Crippen molar-refractivity contribution in [3.8, 4) is 0 Å². The lowest BCUT2D eigenvalue weighted by Crippen LogP contribution is -2.50. The Balaban J connectivity index is 0.00000288. The molecule has 1 heterocycles. The predicted octanol–water partition coefficient (Wildman–Crippen LogP) is 1.26. The second-order valence-corrected chi connectivity index (χ2v) is 5.63. The van der Waals surface area contributed by atoms with Crippen molar-refractivity contribution in [2.75, 3.05) is 26.7 Å². The zero-order valence-electron chi connectivity index (χ0n) is 13.7. The summed E-state index contributed by atoms with van der Waals surface area (Å²) in [7, 11) is 1.89. The molecule has 0 aliphatic carbocycles. The van der Waals surface area contributed by atoms with E-state index < -0.39 is 6.03 Å². The van der Waals surface area contributed by atoms with Gasteiger partial charge in [-0.05, 0) is 37.6 Å². The van der Waals surface area contributed by atoms with Crippen LogP contribution in [0.4, 0.5) is 9.18 Å². The Labute approximate surface area is 147 Å². The van der Waals surface area contributed by atoms with Crippen LogP contribution >= 0.6 is 12.4 Å². The zero-order valence-corrected chi connectivity index (χ0v) is 14.5. The van der Waals surface area contributed by atoms with Crippen LogP contribution < -0.4 is 16.0 Å². The molecule has 3 amide bonds. The monoisotopic (exact) mass is 358 g/mol. The van der Waals surface area contributed by atoms with Crippen molar-refractivity contribution in [3.05, 3.63) is 35.6 Å². The molecule has 0 bridgehead atoms. The third-order valence-corrected chi connectivity index (χ3v) is 3.95. The van der Waals surface area contributed by atoms with Crippen LogP contribution in [0.2, 0.25) is 0 Å². The Kier molecular flexibility index (Phi) is 8.49. The lowest BCUT2D eigenvalue weighted by molar-refractivity contribution is -0.131. The van der Waals surface area contributed by atoms with Crippen LogP contribution in [0.5, 0.6) is 0 Å². The van der Waals surface area contributed by atoms with E-state index in [1.54, 1.807) is 17.0 Å². The van der Waals surface area contributed by atoms with Crippen LogP contribution in [0.1, 0.15) is 18.4 Å². The minimum atomic E-state index is -0.412. The smallest absolute Gasteiger partial charge is 0.315 e. The summed E-state index contributed by atoms with van der Waals surface area (Å²) in [5.41, 5.74) is 0.792. The molecule has 6 nitrogen and oxygen atoms in total. The molecule has 1 aliphatic rings. The summed E-state index contributed by atoms with van der Waals surface area (Å²) in [6.07, 6.45) is 2.03. The normalized spacial score (nSPS) is 16.9. The summed E-state index contributed by atoms with van der Waals surface area (Å²) >= 11 is 0. The number of hydrogen-bond acceptors (Lipinski definition) is 3. The standard InChI is InChI=1S/C16H23FN4O2.ClH/c1-18-14-3-2-8-21(11-14)15(22)10-20-16(23)19-9-12-4-6-13(17)7-5-12;/h4-7,14,18H,2-3,8-11H2,1H3,(H2,19,20,23);1H. The maximum Gasteiger partial charge on any atom is 0.315 e. The Morgan fingerprint density at radius 3 is 2.62 bits per heavy atom. The number of benzene rings is 1. The van der Waals surface area contributed by atoms with Crippen LogP contribution in [-0.2, 0) is 11.3 Å². The predicted molar refractivity (Wildman–Crippen MR) is 92.5 cm³/mol. The largest absolute Gasteiger partial charge is 0.340 e. The second-order valence-electron chi connectivity index (χ2n) is 5.63. The van der Waals surface area contributed by atoms with Gasteiger partial charge in [0.05, 0.1) is 6.54 Å².